The van der Waals surface area contributed by atoms with Crippen molar-refractivity contribution in [3.05, 3.63) is 11.1 Å². The first-order chi connectivity index (χ1) is 5.34. The summed E-state index contributed by atoms with van der Waals surface area (Å²) in [5, 5.41) is 3.33. The Morgan fingerprint density at radius 3 is 3.00 bits per heavy atom. The van der Waals surface area contributed by atoms with Gasteiger partial charge in [0.2, 0.25) is 0 Å². The Bertz CT molecular complexity index is 144. The minimum absolute atomic E-state index is 0.856. The third-order valence-corrected chi connectivity index (χ3v) is 2.23. The van der Waals surface area contributed by atoms with Gasteiger partial charge < -0.3 is 10.1 Å². The summed E-state index contributed by atoms with van der Waals surface area (Å²) in [5.74, 6) is 0. The van der Waals surface area contributed by atoms with Gasteiger partial charge in [-0.2, -0.15) is 0 Å². The van der Waals surface area contributed by atoms with Crippen LogP contribution in [0.25, 0.3) is 0 Å². The summed E-state index contributed by atoms with van der Waals surface area (Å²) in [5.41, 5.74) is 3.10. The summed E-state index contributed by atoms with van der Waals surface area (Å²) in [6, 6.07) is 0. The van der Waals surface area contributed by atoms with Crippen molar-refractivity contribution in [2.45, 2.75) is 19.8 Å². The zero-order valence-corrected chi connectivity index (χ0v) is 7.44. The average molecular weight is 155 g/mol. The Labute approximate surface area is 68.6 Å². The molecule has 64 valence electrons. The monoisotopic (exact) mass is 155 g/mol. The molecule has 1 fully saturated rings. The number of methoxy groups -OCH3 is 1. The molecule has 0 saturated carbocycles. The van der Waals surface area contributed by atoms with Gasteiger partial charge in [-0.25, -0.2) is 0 Å². The van der Waals surface area contributed by atoms with Crippen LogP contribution in [0.2, 0.25) is 0 Å². The second-order valence-electron chi connectivity index (χ2n) is 3.05. The molecule has 0 aromatic heterocycles. The van der Waals surface area contributed by atoms with Gasteiger partial charge in [-0.3, -0.25) is 0 Å². The molecule has 1 rings (SSSR count). The van der Waals surface area contributed by atoms with Crippen molar-refractivity contribution < 1.29 is 4.74 Å². The molecule has 11 heavy (non-hydrogen) atoms. The van der Waals surface area contributed by atoms with E-state index in [9.17, 15) is 0 Å². The van der Waals surface area contributed by atoms with Crippen LogP contribution in [0.15, 0.2) is 11.1 Å². The van der Waals surface area contributed by atoms with Crippen LogP contribution in [0.1, 0.15) is 19.8 Å². The van der Waals surface area contributed by atoms with Crippen molar-refractivity contribution in [1.29, 1.82) is 0 Å². The summed E-state index contributed by atoms with van der Waals surface area (Å²) in [6.45, 7) is 5.31. The topological polar surface area (TPSA) is 21.3 Å². The van der Waals surface area contributed by atoms with Gasteiger partial charge in [0.25, 0.3) is 0 Å². The van der Waals surface area contributed by atoms with Crippen molar-refractivity contribution in [1.82, 2.24) is 5.32 Å². The van der Waals surface area contributed by atoms with Crippen LogP contribution in [0.4, 0.5) is 0 Å². The predicted molar refractivity (Wildman–Crippen MR) is 46.7 cm³/mol. The molecule has 0 bridgehead atoms. The molecule has 2 heteroatoms. The Balaban J connectivity index is 2.35. The minimum Gasteiger partial charge on any atom is -0.384 e. The lowest BCUT2D eigenvalue weighted by atomic mass is 10.1. The van der Waals surface area contributed by atoms with Crippen LogP contribution in [-0.2, 0) is 4.74 Å². The second kappa shape index (κ2) is 4.52. The van der Waals surface area contributed by atoms with Gasteiger partial charge in [0.1, 0.15) is 0 Å². The van der Waals surface area contributed by atoms with E-state index in [1.165, 1.54) is 12.0 Å². The summed E-state index contributed by atoms with van der Waals surface area (Å²) < 4.78 is 5.02. The molecule has 0 amide bonds. The van der Waals surface area contributed by atoms with E-state index in [4.69, 9.17) is 4.74 Å². The van der Waals surface area contributed by atoms with E-state index in [-0.39, 0.29) is 0 Å². The average Bonchev–Trinajstić information content (AvgIpc) is 2.52. The zero-order chi connectivity index (χ0) is 8.10. The smallest absolute Gasteiger partial charge is 0.0499 e. The molecule has 1 saturated heterocycles. The fourth-order valence-electron chi connectivity index (χ4n) is 1.36. The van der Waals surface area contributed by atoms with Crippen molar-refractivity contribution in [2.24, 2.45) is 0 Å². The largest absolute Gasteiger partial charge is 0.384 e. The van der Waals surface area contributed by atoms with Gasteiger partial charge in [-0.15, -0.1) is 0 Å². The number of ether oxygens (including phenoxy) is 1. The van der Waals surface area contributed by atoms with Gasteiger partial charge in [0.05, 0.1) is 0 Å². The molecule has 0 spiro atoms. The highest BCUT2D eigenvalue weighted by Gasteiger charge is 2.07. The summed E-state index contributed by atoms with van der Waals surface area (Å²) in [4.78, 5) is 0. The van der Waals surface area contributed by atoms with Crippen molar-refractivity contribution in [3.63, 3.8) is 0 Å². The Morgan fingerprint density at radius 2 is 2.45 bits per heavy atom. The molecular formula is C9H17NO. The van der Waals surface area contributed by atoms with Crippen LogP contribution in [-0.4, -0.2) is 26.8 Å². The summed E-state index contributed by atoms with van der Waals surface area (Å²) in [7, 11) is 1.75. The van der Waals surface area contributed by atoms with E-state index < -0.39 is 0 Å². The Kier molecular flexibility index (Phi) is 3.60. The SMILES string of the molecule is COCCC(C)=C1CCNC1. The number of hydrogen-bond acceptors (Lipinski definition) is 2. The number of rotatable bonds is 3. The van der Waals surface area contributed by atoms with Gasteiger partial charge in [-0.05, 0) is 26.3 Å². The third kappa shape index (κ3) is 2.64. The quantitative estimate of drug-likeness (QED) is 0.621. The van der Waals surface area contributed by atoms with E-state index in [0.29, 0.717) is 0 Å². The van der Waals surface area contributed by atoms with Gasteiger partial charge in [0, 0.05) is 20.3 Å². The fourth-order valence-corrected chi connectivity index (χ4v) is 1.36. The maximum atomic E-state index is 5.02. The third-order valence-electron chi connectivity index (χ3n) is 2.23. The highest BCUT2D eigenvalue weighted by Crippen LogP contribution is 2.14. The molecule has 0 radical (unpaired) electrons. The van der Waals surface area contributed by atoms with E-state index >= 15 is 0 Å². The minimum atomic E-state index is 0.856. The highest BCUT2D eigenvalue weighted by atomic mass is 16.5. The Morgan fingerprint density at radius 1 is 1.64 bits per heavy atom. The first-order valence-corrected chi connectivity index (χ1v) is 4.21. The molecule has 0 aromatic rings. The van der Waals surface area contributed by atoms with Crippen molar-refractivity contribution in [2.75, 3.05) is 26.8 Å². The fraction of sp³-hybridized carbons (Fsp3) is 0.778. The summed E-state index contributed by atoms with van der Waals surface area (Å²) >= 11 is 0. The standard InChI is InChI=1S/C9H17NO/c1-8(4-6-11-2)9-3-5-10-7-9/h10H,3-7H2,1-2H3. The van der Waals surface area contributed by atoms with Gasteiger partial charge in [-0.1, -0.05) is 11.1 Å². The van der Waals surface area contributed by atoms with Crippen LogP contribution in [0, 0.1) is 0 Å². The van der Waals surface area contributed by atoms with Gasteiger partial charge in [0.15, 0.2) is 0 Å². The molecule has 1 aliphatic rings. The molecule has 1 heterocycles. The molecule has 0 aliphatic carbocycles. The molecule has 0 aromatic carbocycles. The van der Waals surface area contributed by atoms with E-state index in [1.807, 2.05) is 0 Å². The van der Waals surface area contributed by atoms with Crippen LogP contribution in [0.3, 0.4) is 0 Å². The lowest BCUT2D eigenvalue weighted by Gasteiger charge is -2.03. The maximum absolute atomic E-state index is 5.02. The van der Waals surface area contributed by atoms with E-state index in [1.54, 1.807) is 12.7 Å². The number of hydrogen-bond donors (Lipinski definition) is 1. The predicted octanol–water partition coefficient (Wildman–Crippen LogP) is 1.33. The normalized spacial score (nSPS) is 22.4. The lowest BCUT2D eigenvalue weighted by Crippen LogP contribution is -2.05. The van der Waals surface area contributed by atoms with Crippen LogP contribution in [0.5, 0.6) is 0 Å². The maximum Gasteiger partial charge on any atom is 0.0499 e. The molecule has 1 N–H and O–H groups in total. The first-order valence-electron chi connectivity index (χ1n) is 4.21. The zero-order valence-electron chi connectivity index (χ0n) is 7.44. The van der Waals surface area contributed by atoms with Crippen LogP contribution < -0.4 is 5.32 Å². The molecule has 2 nitrogen and oxygen atoms in total. The molecular weight excluding hydrogens is 138 g/mol. The van der Waals surface area contributed by atoms with Crippen molar-refractivity contribution >= 4 is 0 Å². The first kappa shape index (κ1) is 8.75. The van der Waals surface area contributed by atoms with E-state index in [2.05, 4.69) is 12.2 Å². The number of nitrogens with one attached hydrogen (secondary N) is 1. The van der Waals surface area contributed by atoms with Crippen LogP contribution >= 0.6 is 0 Å². The van der Waals surface area contributed by atoms with Crippen molar-refractivity contribution in [3.8, 4) is 0 Å². The molecule has 1 aliphatic heterocycles. The highest BCUT2D eigenvalue weighted by molar-refractivity contribution is 5.17. The van der Waals surface area contributed by atoms with E-state index in [0.717, 1.165) is 26.1 Å². The molecule has 0 atom stereocenters. The molecule has 0 unspecified atom stereocenters. The Hall–Kier alpha value is -0.340. The lowest BCUT2D eigenvalue weighted by molar-refractivity contribution is 0.202. The second-order valence-corrected chi connectivity index (χ2v) is 3.05. The summed E-state index contributed by atoms with van der Waals surface area (Å²) in [6.07, 6.45) is 2.32. The van der Waals surface area contributed by atoms with Gasteiger partial charge >= 0.3 is 0 Å².